The molecule has 1 atom stereocenters. The quantitative estimate of drug-likeness (QED) is 0.510. The monoisotopic (exact) mass is 419 g/mol. The van der Waals surface area contributed by atoms with Crippen LogP contribution in [0.4, 0.5) is 22.0 Å². The van der Waals surface area contributed by atoms with Gasteiger partial charge in [-0.2, -0.15) is 0 Å². The molecular formula is C21H22FN9. The molecule has 4 aromatic rings. The second-order valence-electron chi connectivity index (χ2n) is 7.63. The largest absolute Gasteiger partial charge is 0.365 e. The van der Waals surface area contributed by atoms with Crippen molar-refractivity contribution in [1.29, 1.82) is 0 Å². The van der Waals surface area contributed by atoms with Crippen LogP contribution in [0.5, 0.6) is 0 Å². The number of pyridine rings is 1. The van der Waals surface area contributed by atoms with E-state index in [1.165, 1.54) is 24.8 Å². The summed E-state index contributed by atoms with van der Waals surface area (Å²) in [4.78, 5) is 19.3. The molecule has 0 saturated carbocycles. The highest BCUT2D eigenvalue weighted by atomic mass is 19.1. The van der Waals surface area contributed by atoms with Crippen molar-refractivity contribution in [2.24, 2.45) is 0 Å². The SMILES string of the molecule is CN1CCCC(Nc2ccc3ncc(-c4cnc(Nc5ncccc5F)nc4)n3n2)C1. The number of nitrogens with one attached hydrogen (secondary N) is 2. The molecule has 0 spiro atoms. The molecular weight excluding hydrogens is 397 g/mol. The summed E-state index contributed by atoms with van der Waals surface area (Å²) in [6.45, 7) is 2.13. The van der Waals surface area contributed by atoms with Crippen LogP contribution < -0.4 is 10.6 Å². The molecule has 4 aromatic heterocycles. The van der Waals surface area contributed by atoms with Crippen LogP contribution in [0.15, 0.2) is 49.1 Å². The van der Waals surface area contributed by atoms with Gasteiger partial charge in [-0.25, -0.2) is 28.8 Å². The predicted molar refractivity (Wildman–Crippen MR) is 116 cm³/mol. The van der Waals surface area contributed by atoms with Crippen molar-refractivity contribution in [2.75, 3.05) is 30.8 Å². The van der Waals surface area contributed by atoms with E-state index >= 15 is 0 Å². The lowest BCUT2D eigenvalue weighted by molar-refractivity contribution is 0.260. The first-order valence-corrected chi connectivity index (χ1v) is 10.2. The molecule has 0 bridgehead atoms. The smallest absolute Gasteiger partial charge is 0.228 e. The summed E-state index contributed by atoms with van der Waals surface area (Å²) in [7, 11) is 2.14. The first-order chi connectivity index (χ1) is 15.2. The van der Waals surface area contributed by atoms with Crippen molar-refractivity contribution in [3.05, 3.63) is 54.9 Å². The van der Waals surface area contributed by atoms with E-state index in [0.717, 1.165) is 42.2 Å². The van der Waals surface area contributed by atoms with Crippen LogP contribution in [0.3, 0.4) is 0 Å². The number of anilines is 3. The Morgan fingerprint density at radius 1 is 1.06 bits per heavy atom. The summed E-state index contributed by atoms with van der Waals surface area (Å²) in [6, 6.07) is 7.11. The van der Waals surface area contributed by atoms with Crippen LogP contribution in [0, 0.1) is 5.82 Å². The molecule has 10 heteroatoms. The van der Waals surface area contributed by atoms with Gasteiger partial charge in [0.05, 0.1) is 11.9 Å². The maximum atomic E-state index is 13.8. The Kier molecular flexibility index (Phi) is 5.13. The molecule has 5 rings (SSSR count). The van der Waals surface area contributed by atoms with Crippen molar-refractivity contribution in [3.63, 3.8) is 0 Å². The molecule has 0 amide bonds. The molecule has 1 fully saturated rings. The molecule has 0 aliphatic carbocycles. The summed E-state index contributed by atoms with van der Waals surface area (Å²) < 4.78 is 15.5. The number of likely N-dealkylation sites (tertiary alicyclic amines) is 1. The van der Waals surface area contributed by atoms with Gasteiger partial charge in [0, 0.05) is 36.7 Å². The second-order valence-corrected chi connectivity index (χ2v) is 7.63. The van der Waals surface area contributed by atoms with Crippen molar-refractivity contribution in [1.82, 2.24) is 34.4 Å². The zero-order valence-corrected chi connectivity index (χ0v) is 17.0. The highest BCUT2D eigenvalue weighted by Gasteiger charge is 2.18. The third-order valence-corrected chi connectivity index (χ3v) is 5.28. The number of fused-ring (bicyclic) bond motifs is 1. The molecule has 1 aliphatic rings. The van der Waals surface area contributed by atoms with E-state index in [9.17, 15) is 4.39 Å². The zero-order chi connectivity index (χ0) is 21.2. The first-order valence-electron chi connectivity index (χ1n) is 10.2. The number of piperidine rings is 1. The summed E-state index contributed by atoms with van der Waals surface area (Å²) in [6.07, 6.45) is 8.84. The molecule has 2 N–H and O–H groups in total. The second kappa shape index (κ2) is 8.23. The van der Waals surface area contributed by atoms with Gasteiger partial charge in [0.1, 0.15) is 5.82 Å². The van der Waals surface area contributed by atoms with E-state index in [-0.39, 0.29) is 11.8 Å². The average Bonchev–Trinajstić information content (AvgIpc) is 3.19. The van der Waals surface area contributed by atoms with Gasteiger partial charge >= 0.3 is 0 Å². The summed E-state index contributed by atoms with van der Waals surface area (Å²) >= 11 is 0. The molecule has 0 aromatic carbocycles. The molecule has 1 saturated heterocycles. The number of imidazole rings is 1. The lowest BCUT2D eigenvalue weighted by atomic mass is 10.1. The number of halogens is 1. The summed E-state index contributed by atoms with van der Waals surface area (Å²) in [5.41, 5.74) is 2.26. The Balaban J connectivity index is 1.37. The molecule has 158 valence electrons. The van der Waals surface area contributed by atoms with E-state index in [4.69, 9.17) is 5.10 Å². The summed E-state index contributed by atoms with van der Waals surface area (Å²) in [5, 5.41) is 11.0. The third-order valence-electron chi connectivity index (χ3n) is 5.28. The highest BCUT2D eigenvalue weighted by molar-refractivity contribution is 5.63. The Bertz CT molecular complexity index is 1190. The van der Waals surface area contributed by atoms with Crippen molar-refractivity contribution in [3.8, 4) is 11.3 Å². The van der Waals surface area contributed by atoms with Crippen LogP contribution in [0.2, 0.25) is 0 Å². The number of nitrogens with zero attached hydrogens (tertiary/aromatic N) is 7. The number of likely N-dealkylation sites (N-methyl/N-ethyl adjacent to an activating group) is 1. The van der Waals surface area contributed by atoms with Crippen LogP contribution in [0.1, 0.15) is 12.8 Å². The fraction of sp³-hybridized carbons (Fsp3) is 0.286. The minimum absolute atomic E-state index is 0.0794. The van der Waals surface area contributed by atoms with Crippen LogP contribution in [-0.4, -0.2) is 60.6 Å². The zero-order valence-electron chi connectivity index (χ0n) is 17.0. The molecule has 0 radical (unpaired) electrons. The Morgan fingerprint density at radius 3 is 2.74 bits per heavy atom. The molecule has 1 unspecified atom stereocenters. The number of aromatic nitrogens is 6. The maximum Gasteiger partial charge on any atom is 0.228 e. The van der Waals surface area contributed by atoms with Gasteiger partial charge in [0.2, 0.25) is 5.95 Å². The highest BCUT2D eigenvalue weighted by Crippen LogP contribution is 2.22. The summed E-state index contributed by atoms with van der Waals surface area (Å²) in [5.74, 6) is 0.671. The van der Waals surface area contributed by atoms with E-state index in [0.29, 0.717) is 6.04 Å². The van der Waals surface area contributed by atoms with Crippen LogP contribution in [-0.2, 0) is 0 Å². The van der Waals surface area contributed by atoms with Gasteiger partial charge in [-0.1, -0.05) is 0 Å². The van der Waals surface area contributed by atoms with E-state index < -0.39 is 5.82 Å². The average molecular weight is 419 g/mol. The van der Waals surface area contributed by atoms with Gasteiger partial charge < -0.3 is 15.5 Å². The first kappa shape index (κ1) is 19.3. The standard InChI is InChI=1S/C21H22FN9/c1-30-9-3-4-15(13-30)27-18-6-7-19-24-12-17(31(19)29-18)14-10-25-21(26-11-14)28-20-16(22)5-2-8-23-20/h2,5-8,10-12,15H,3-4,9,13H2,1H3,(H,27,29)(H,23,25,26,28). The maximum absolute atomic E-state index is 13.8. The third kappa shape index (κ3) is 4.15. The fourth-order valence-electron chi connectivity index (χ4n) is 3.75. The van der Waals surface area contributed by atoms with Gasteiger partial charge in [-0.05, 0) is 50.7 Å². The van der Waals surface area contributed by atoms with Crippen LogP contribution in [0.25, 0.3) is 16.9 Å². The fourth-order valence-corrected chi connectivity index (χ4v) is 3.75. The Labute approximate surface area is 178 Å². The van der Waals surface area contributed by atoms with Crippen molar-refractivity contribution < 1.29 is 4.39 Å². The molecule has 5 heterocycles. The van der Waals surface area contributed by atoms with Gasteiger partial charge in [-0.15, -0.1) is 5.10 Å². The predicted octanol–water partition coefficient (Wildman–Crippen LogP) is 2.97. The Hall–Kier alpha value is -3.66. The molecule has 1 aliphatic heterocycles. The van der Waals surface area contributed by atoms with Crippen LogP contribution >= 0.6 is 0 Å². The number of hydrogen-bond acceptors (Lipinski definition) is 8. The topological polar surface area (TPSA) is 96.2 Å². The normalized spacial score (nSPS) is 17.0. The molecule has 31 heavy (non-hydrogen) atoms. The lowest BCUT2D eigenvalue weighted by Crippen LogP contribution is -2.39. The van der Waals surface area contributed by atoms with Gasteiger partial charge in [-0.3, -0.25) is 0 Å². The van der Waals surface area contributed by atoms with E-state index in [2.05, 4.69) is 42.5 Å². The Morgan fingerprint density at radius 2 is 1.94 bits per heavy atom. The molecule has 9 nitrogen and oxygen atoms in total. The van der Waals surface area contributed by atoms with E-state index in [1.54, 1.807) is 23.1 Å². The number of hydrogen-bond donors (Lipinski definition) is 2. The van der Waals surface area contributed by atoms with Crippen molar-refractivity contribution >= 4 is 23.2 Å². The minimum atomic E-state index is -0.467. The van der Waals surface area contributed by atoms with Crippen molar-refractivity contribution in [2.45, 2.75) is 18.9 Å². The van der Waals surface area contributed by atoms with Gasteiger partial charge in [0.15, 0.2) is 17.3 Å². The minimum Gasteiger partial charge on any atom is -0.365 e. The lowest BCUT2D eigenvalue weighted by Gasteiger charge is -2.30. The number of rotatable bonds is 5. The van der Waals surface area contributed by atoms with E-state index in [1.807, 2.05) is 12.1 Å². The van der Waals surface area contributed by atoms with Gasteiger partial charge in [0.25, 0.3) is 0 Å².